The molecule has 1 aromatic rings. The fourth-order valence-electron chi connectivity index (χ4n) is 2.12. The van der Waals surface area contributed by atoms with Crippen LogP contribution >= 0.6 is 0 Å². The number of rotatable bonds is 7. The first-order valence-corrected chi connectivity index (χ1v) is 6.23. The Bertz CT molecular complexity index is 446. The second kappa shape index (κ2) is 6.33. The molecule has 0 saturated heterocycles. The predicted octanol–water partition coefficient (Wildman–Crippen LogP) is 1.83. The number of carboxylic acid groups (broad SMARTS) is 2. The summed E-state index contributed by atoms with van der Waals surface area (Å²) < 4.78 is 0. The number of aliphatic carboxylic acids is 2. The largest absolute Gasteiger partial charge is 0.480 e. The van der Waals surface area contributed by atoms with Gasteiger partial charge in [0.05, 0.1) is 0 Å². The number of benzene rings is 1. The first kappa shape index (κ1) is 15.2. The van der Waals surface area contributed by atoms with Gasteiger partial charge in [0.2, 0.25) is 0 Å². The first-order valence-electron chi connectivity index (χ1n) is 6.23. The Balaban J connectivity index is 3.22. The van der Waals surface area contributed by atoms with Crippen LogP contribution < -0.4 is 5.32 Å². The third-order valence-corrected chi connectivity index (χ3v) is 3.09. The van der Waals surface area contributed by atoms with E-state index in [1.807, 2.05) is 6.92 Å². The first-order chi connectivity index (χ1) is 8.94. The van der Waals surface area contributed by atoms with Gasteiger partial charge in [0.25, 0.3) is 0 Å². The number of carbonyl (C=O) groups is 2. The number of hydrogen-bond donors (Lipinski definition) is 3. The van der Waals surface area contributed by atoms with E-state index >= 15 is 0 Å². The molecule has 0 amide bonds. The maximum Gasteiger partial charge on any atom is 0.328 e. The summed E-state index contributed by atoms with van der Waals surface area (Å²) in [5, 5.41) is 21.3. The van der Waals surface area contributed by atoms with E-state index in [0.717, 1.165) is 0 Å². The van der Waals surface area contributed by atoms with Gasteiger partial charge in [-0.3, -0.25) is 10.1 Å². The van der Waals surface area contributed by atoms with E-state index in [1.54, 1.807) is 30.3 Å². The van der Waals surface area contributed by atoms with Gasteiger partial charge in [-0.15, -0.1) is 0 Å². The van der Waals surface area contributed by atoms with E-state index < -0.39 is 23.5 Å². The van der Waals surface area contributed by atoms with Crippen molar-refractivity contribution in [3.8, 4) is 0 Å². The Morgan fingerprint density at radius 3 is 2.26 bits per heavy atom. The highest BCUT2D eigenvalue weighted by atomic mass is 16.4. The van der Waals surface area contributed by atoms with Crippen LogP contribution in [0.5, 0.6) is 0 Å². The topological polar surface area (TPSA) is 86.6 Å². The summed E-state index contributed by atoms with van der Waals surface area (Å²) in [7, 11) is 0. The minimum absolute atomic E-state index is 0.323. The van der Waals surface area contributed by atoms with Crippen LogP contribution in [0.2, 0.25) is 0 Å². The molecule has 0 radical (unpaired) electrons. The monoisotopic (exact) mass is 265 g/mol. The van der Waals surface area contributed by atoms with Crippen molar-refractivity contribution in [1.82, 2.24) is 5.32 Å². The molecule has 0 fully saturated rings. The van der Waals surface area contributed by atoms with Crippen LogP contribution in [-0.4, -0.2) is 28.2 Å². The fraction of sp³-hybridized carbons (Fsp3) is 0.429. The van der Waals surface area contributed by atoms with Gasteiger partial charge in [0.1, 0.15) is 11.6 Å². The van der Waals surface area contributed by atoms with Gasteiger partial charge in [0, 0.05) is 0 Å². The van der Waals surface area contributed by atoms with Crippen LogP contribution in [0.3, 0.4) is 0 Å². The molecule has 0 aliphatic heterocycles. The van der Waals surface area contributed by atoms with Crippen molar-refractivity contribution < 1.29 is 19.8 Å². The van der Waals surface area contributed by atoms with Crippen LogP contribution in [0.4, 0.5) is 0 Å². The highest BCUT2D eigenvalue weighted by Crippen LogP contribution is 2.27. The number of hydrogen-bond acceptors (Lipinski definition) is 3. The maximum absolute atomic E-state index is 11.7. The Morgan fingerprint density at radius 1 is 1.26 bits per heavy atom. The van der Waals surface area contributed by atoms with Crippen molar-refractivity contribution in [2.24, 2.45) is 0 Å². The molecular weight excluding hydrogens is 246 g/mol. The molecule has 1 rings (SSSR count). The van der Waals surface area contributed by atoms with Crippen LogP contribution in [-0.2, 0) is 15.1 Å². The summed E-state index contributed by atoms with van der Waals surface area (Å²) in [6, 6.07) is 7.74. The van der Waals surface area contributed by atoms with Crippen LogP contribution in [0.15, 0.2) is 30.3 Å². The van der Waals surface area contributed by atoms with Crippen LogP contribution in [0, 0.1) is 0 Å². The lowest BCUT2D eigenvalue weighted by Crippen LogP contribution is -2.54. The Labute approximate surface area is 112 Å². The Morgan fingerprint density at radius 2 is 1.84 bits per heavy atom. The van der Waals surface area contributed by atoms with E-state index in [0.29, 0.717) is 18.4 Å². The van der Waals surface area contributed by atoms with E-state index in [9.17, 15) is 14.7 Å². The average Bonchev–Trinajstić information content (AvgIpc) is 2.38. The van der Waals surface area contributed by atoms with Crippen molar-refractivity contribution in [3.05, 3.63) is 35.9 Å². The molecule has 0 bridgehead atoms. The van der Waals surface area contributed by atoms with E-state index in [4.69, 9.17) is 5.11 Å². The van der Waals surface area contributed by atoms with Crippen LogP contribution in [0.1, 0.15) is 32.3 Å². The predicted molar refractivity (Wildman–Crippen MR) is 70.9 cm³/mol. The molecule has 2 atom stereocenters. The number of carboxylic acids is 2. The van der Waals surface area contributed by atoms with Crippen molar-refractivity contribution in [2.45, 2.75) is 38.3 Å². The summed E-state index contributed by atoms with van der Waals surface area (Å²) in [5.41, 5.74) is -0.800. The summed E-state index contributed by atoms with van der Waals surface area (Å²) in [4.78, 5) is 22.7. The number of nitrogens with one attached hydrogen (secondary N) is 1. The van der Waals surface area contributed by atoms with E-state index in [2.05, 4.69) is 5.32 Å². The molecule has 0 aliphatic rings. The molecule has 0 saturated carbocycles. The lowest BCUT2D eigenvalue weighted by Gasteiger charge is -2.32. The SMILES string of the molecule is CCC[C@@](N[C@H](C)C(=O)O)(C(=O)O)c1ccccc1. The molecule has 5 heteroatoms. The molecule has 0 spiro atoms. The van der Waals surface area contributed by atoms with Crippen molar-refractivity contribution in [3.63, 3.8) is 0 Å². The molecule has 0 heterocycles. The summed E-state index contributed by atoms with van der Waals surface area (Å²) >= 11 is 0. The Hall–Kier alpha value is -1.88. The van der Waals surface area contributed by atoms with Crippen LogP contribution in [0.25, 0.3) is 0 Å². The zero-order chi connectivity index (χ0) is 14.5. The summed E-state index contributed by atoms with van der Waals surface area (Å²) in [6.45, 7) is 3.31. The van der Waals surface area contributed by atoms with Crippen molar-refractivity contribution in [2.75, 3.05) is 0 Å². The minimum atomic E-state index is -1.37. The third kappa shape index (κ3) is 3.32. The van der Waals surface area contributed by atoms with Gasteiger partial charge in [-0.1, -0.05) is 43.7 Å². The van der Waals surface area contributed by atoms with Gasteiger partial charge in [-0.25, -0.2) is 4.79 Å². The van der Waals surface area contributed by atoms with Gasteiger partial charge < -0.3 is 10.2 Å². The minimum Gasteiger partial charge on any atom is -0.480 e. The zero-order valence-electron chi connectivity index (χ0n) is 11.1. The molecule has 3 N–H and O–H groups in total. The highest BCUT2D eigenvalue weighted by molar-refractivity contribution is 5.82. The summed E-state index contributed by atoms with van der Waals surface area (Å²) in [6.07, 6.45) is 0.949. The average molecular weight is 265 g/mol. The molecule has 0 unspecified atom stereocenters. The quantitative estimate of drug-likeness (QED) is 0.700. The fourth-order valence-corrected chi connectivity index (χ4v) is 2.12. The van der Waals surface area contributed by atoms with Crippen molar-refractivity contribution in [1.29, 1.82) is 0 Å². The molecule has 5 nitrogen and oxygen atoms in total. The van der Waals surface area contributed by atoms with Gasteiger partial charge in [-0.05, 0) is 18.9 Å². The van der Waals surface area contributed by atoms with E-state index in [-0.39, 0.29) is 0 Å². The zero-order valence-corrected chi connectivity index (χ0v) is 11.1. The molecule has 0 aliphatic carbocycles. The van der Waals surface area contributed by atoms with Gasteiger partial charge in [0.15, 0.2) is 0 Å². The lowest BCUT2D eigenvalue weighted by molar-refractivity contribution is -0.148. The summed E-state index contributed by atoms with van der Waals surface area (Å²) in [5.74, 6) is -2.13. The highest BCUT2D eigenvalue weighted by Gasteiger charge is 2.41. The molecule has 104 valence electrons. The lowest BCUT2D eigenvalue weighted by atomic mass is 9.84. The standard InChI is InChI=1S/C14H19NO4/c1-3-9-14(13(18)19,15-10(2)12(16)17)11-7-5-4-6-8-11/h4-8,10,15H,3,9H2,1-2H3,(H,16,17)(H,18,19)/t10-,14+/m1/s1. The third-order valence-electron chi connectivity index (χ3n) is 3.09. The second-order valence-electron chi connectivity index (χ2n) is 4.53. The maximum atomic E-state index is 11.7. The molecule has 19 heavy (non-hydrogen) atoms. The second-order valence-corrected chi connectivity index (χ2v) is 4.53. The van der Waals surface area contributed by atoms with E-state index in [1.165, 1.54) is 6.92 Å². The smallest absolute Gasteiger partial charge is 0.328 e. The van der Waals surface area contributed by atoms with Gasteiger partial charge >= 0.3 is 11.9 Å². The Kier molecular flexibility index (Phi) is 5.06. The molecular formula is C14H19NO4. The molecule has 1 aromatic carbocycles. The normalized spacial score (nSPS) is 15.5. The van der Waals surface area contributed by atoms with Gasteiger partial charge in [-0.2, -0.15) is 0 Å². The van der Waals surface area contributed by atoms with Crippen molar-refractivity contribution >= 4 is 11.9 Å². The molecule has 0 aromatic heterocycles.